The largest absolute Gasteiger partial charge is 0.103 e. The summed E-state index contributed by atoms with van der Waals surface area (Å²) in [4.78, 5) is 0. The van der Waals surface area contributed by atoms with Gasteiger partial charge in [0.05, 0.1) is 0 Å². The maximum atomic E-state index is 3.82. The van der Waals surface area contributed by atoms with E-state index in [2.05, 4.69) is 26.5 Å². The van der Waals surface area contributed by atoms with Crippen LogP contribution < -0.4 is 0 Å². The first-order valence-electron chi connectivity index (χ1n) is 9.29. The summed E-state index contributed by atoms with van der Waals surface area (Å²) in [5.74, 6) is 0. The van der Waals surface area contributed by atoms with Crippen molar-refractivity contribution in [3.05, 3.63) is 12.7 Å². The van der Waals surface area contributed by atoms with Crippen LogP contribution in [0.5, 0.6) is 0 Å². The fourth-order valence-corrected chi connectivity index (χ4v) is 5.82. The highest BCUT2D eigenvalue weighted by molar-refractivity contribution is 6.58. The lowest BCUT2D eigenvalue weighted by atomic mass is 10.2. The zero-order chi connectivity index (χ0) is 14.9. The SMILES string of the molecule is C=CCCCCC[Si](CCCCCC)CCCCCC. The summed E-state index contributed by atoms with van der Waals surface area (Å²) in [6.07, 6.45) is 19.2. The average Bonchev–Trinajstić information content (AvgIpc) is 2.47. The minimum absolute atomic E-state index is 0.0185. The Balaban J connectivity index is 3.69. The Labute approximate surface area is 131 Å². The van der Waals surface area contributed by atoms with Gasteiger partial charge in [-0.1, -0.05) is 102 Å². The summed E-state index contributed by atoms with van der Waals surface area (Å²) in [6.45, 7) is 8.45. The third-order valence-electron chi connectivity index (χ3n) is 4.21. The number of hydrogen-bond donors (Lipinski definition) is 0. The first kappa shape index (κ1) is 20.0. The smallest absolute Gasteiger partial charge is 0.0479 e. The van der Waals surface area contributed by atoms with Crippen molar-refractivity contribution >= 4 is 8.80 Å². The van der Waals surface area contributed by atoms with Gasteiger partial charge in [-0.05, 0) is 12.8 Å². The number of allylic oxidation sites excluding steroid dienone is 1. The second-order valence-electron chi connectivity index (χ2n) is 6.26. The van der Waals surface area contributed by atoms with Gasteiger partial charge < -0.3 is 0 Å². The van der Waals surface area contributed by atoms with Crippen LogP contribution >= 0.6 is 0 Å². The zero-order valence-corrected chi connectivity index (χ0v) is 15.4. The van der Waals surface area contributed by atoms with E-state index in [0.717, 1.165) is 0 Å². The molecule has 0 aromatic heterocycles. The maximum Gasteiger partial charge on any atom is 0.0479 e. The lowest BCUT2D eigenvalue weighted by molar-refractivity contribution is 0.677. The van der Waals surface area contributed by atoms with Crippen LogP contribution in [0, 0.1) is 0 Å². The lowest BCUT2D eigenvalue weighted by Crippen LogP contribution is -2.11. The third kappa shape index (κ3) is 14.4. The van der Waals surface area contributed by atoms with Gasteiger partial charge >= 0.3 is 0 Å². The first-order chi connectivity index (χ1) is 9.85. The molecule has 0 unspecified atom stereocenters. The van der Waals surface area contributed by atoms with Crippen LogP contribution in [0.1, 0.15) is 90.9 Å². The maximum absolute atomic E-state index is 3.82. The lowest BCUT2D eigenvalue weighted by Gasteiger charge is -2.15. The first-order valence-corrected chi connectivity index (χ1v) is 11.4. The number of unbranched alkanes of at least 4 members (excludes halogenated alkanes) is 9. The Morgan fingerprint density at radius 2 is 1.10 bits per heavy atom. The molecule has 0 rings (SSSR count). The van der Waals surface area contributed by atoms with Crippen molar-refractivity contribution < 1.29 is 0 Å². The van der Waals surface area contributed by atoms with E-state index < -0.39 is 0 Å². The van der Waals surface area contributed by atoms with Gasteiger partial charge in [-0.25, -0.2) is 0 Å². The van der Waals surface area contributed by atoms with E-state index in [1.807, 2.05) is 0 Å². The van der Waals surface area contributed by atoms with Crippen molar-refractivity contribution in [3.63, 3.8) is 0 Å². The Kier molecular flexibility index (Phi) is 17.0. The van der Waals surface area contributed by atoms with Gasteiger partial charge in [0.1, 0.15) is 0 Å². The molecule has 0 amide bonds. The minimum Gasteiger partial charge on any atom is -0.103 e. The quantitative estimate of drug-likeness (QED) is 0.158. The predicted molar refractivity (Wildman–Crippen MR) is 97.1 cm³/mol. The van der Waals surface area contributed by atoms with Crippen molar-refractivity contribution in [2.24, 2.45) is 0 Å². The molecule has 119 valence electrons. The monoisotopic (exact) mass is 295 g/mol. The van der Waals surface area contributed by atoms with Crippen molar-refractivity contribution in [2.75, 3.05) is 0 Å². The Morgan fingerprint density at radius 3 is 1.50 bits per heavy atom. The summed E-state index contributed by atoms with van der Waals surface area (Å²) in [7, 11) is -0.0185. The molecule has 0 aliphatic rings. The molecule has 0 nitrogen and oxygen atoms in total. The Bertz CT molecular complexity index is 176. The molecule has 0 aliphatic heterocycles. The van der Waals surface area contributed by atoms with Crippen LogP contribution in [-0.4, -0.2) is 8.80 Å². The van der Waals surface area contributed by atoms with E-state index in [9.17, 15) is 0 Å². The number of hydrogen-bond acceptors (Lipinski definition) is 0. The van der Waals surface area contributed by atoms with Crippen LogP contribution in [0.3, 0.4) is 0 Å². The standard InChI is InChI=1S/C19H39Si/c1-4-7-10-13-16-19-20(17-14-11-8-5-2)18-15-12-9-6-3/h4H,1,5-19H2,2-3H3. The van der Waals surface area contributed by atoms with E-state index in [4.69, 9.17) is 0 Å². The van der Waals surface area contributed by atoms with Crippen molar-refractivity contribution in [1.29, 1.82) is 0 Å². The topological polar surface area (TPSA) is 0 Å². The molecule has 1 radical (unpaired) electrons. The van der Waals surface area contributed by atoms with E-state index in [1.54, 1.807) is 18.1 Å². The van der Waals surface area contributed by atoms with Crippen LogP contribution in [0.2, 0.25) is 18.1 Å². The fourth-order valence-electron chi connectivity index (χ4n) is 2.82. The highest BCUT2D eigenvalue weighted by atomic mass is 28.3. The summed E-state index contributed by atoms with van der Waals surface area (Å²) >= 11 is 0. The summed E-state index contributed by atoms with van der Waals surface area (Å²) in [5.41, 5.74) is 0. The molecule has 1 heteroatoms. The van der Waals surface area contributed by atoms with Gasteiger partial charge in [0, 0.05) is 8.80 Å². The van der Waals surface area contributed by atoms with Crippen LogP contribution in [-0.2, 0) is 0 Å². The molecule has 0 aromatic carbocycles. The molecule has 0 spiro atoms. The molecule has 0 heterocycles. The van der Waals surface area contributed by atoms with Gasteiger partial charge in [0.25, 0.3) is 0 Å². The number of rotatable bonds is 16. The summed E-state index contributed by atoms with van der Waals surface area (Å²) < 4.78 is 0. The molecule has 0 atom stereocenters. The zero-order valence-electron chi connectivity index (χ0n) is 14.4. The Hall–Kier alpha value is -0.0431. The van der Waals surface area contributed by atoms with Crippen LogP contribution in [0.4, 0.5) is 0 Å². The molecule has 0 bridgehead atoms. The molecular weight excluding hydrogens is 256 g/mol. The van der Waals surface area contributed by atoms with Gasteiger partial charge in [-0.3, -0.25) is 0 Å². The fraction of sp³-hybridized carbons (Fsp3) is 0.895. The molecule has 0 aromatic rings. The molecule has 0 saturated carbocycles. The van der Waals surface area contributed by atoms with Gasteiger partial charge in [0.2, 0.25) is 0 Å². The van der Waals surface area contributed by atoms with Gasteiger partial charge in [-0.2, -0.15) is 0 Å². The van der Waals surface area contributed by atoms with Crippen molar-refractivity contribution in [3.8, 4) is 0 Å². The van der Waals surface area contributed by atoms with Gasteiger partial charge in [0.15, 0.2) is 0 Å². The minimum atomic E-state index is -0.0185. The van der Waals surface area contributed by atoms with Crippen LogP contribution in [0.15, 0.2) is 12.7 Å². The van der Waals surface area contributed by atoms with Crippen LogP contribution in [0.25, 0.3) is 0 Å². The molecule has 20 heavy (non-hydrogen) atoms. The second-order valence-corrected chi connectivity index (χ2v) is 9.26. The van der Waals surface area contributed by atoms with Gasteiger partial charge in [-0.15, -0.1) is 6.58 Å². The highest BCUT2D eigenvalue weighted by Crippen LogP contribution is 2.19. The summed E-state index contributed by atoms with van der Waals surface area (Å²) in [6, 6.07) is 4.77. The normalized spacial score (nSPS) is 11.2. The Morgan fingerprint density at radius 1 is 0.650 bits per heavy atom. The molecule has 0 aliphatic carbocycles. The summed E-state index contributed by atoms with van der Waals surface area (Å²) in [5, 5.41) is 0. The van der Waals surface area contributed by atoms with E-state index >= 15 is 0 Å². The molecule has 0 fully saturated rings. The third-order valence-corrected chi connectivity index (χ3v) is 7.39. The van der Waals surface area contributed by atoms with E-state index in [0.29, 0.717) is 0 Å². The van der Waals surface area contributed by atoms with Crippen molar-refractivity contribution in [1.82, 2.24) is 0 Å². The molecule has 0 N–H and O–H groups in total. The predicted octanol–water partition coefficient (Wildman–Crippen LogP) is 7.39. The van der Waals surface area contributed by atoms with E-state index in [1.165, 1.54) is 77.0 Å². The highest BCUT2D eigenvalue weighted by Gasteiger charge is 2.10. The second kappa shape index (κ2) is 17.0. The van der Waals surface area contributed by atoms with Crippen molar-refractivity contribution in [2.45, 2.75) is 109 Å². The molecular formula is C19H39Si. The van der Waals surface area contributed by atoms with E-state index in [-0.39, 0.29) is 8.80 Å². The average molecular weight is 296 g/mol. The molecule has 0 saturated heterocycles.